The Balaban J connectivity index is 3.23. The van der Waals surface area contributed by atoms with Gasteiger partial charge in [0.05, 0.1) is 12.8 Å². The van der Waals surface area contributed by atoms with E-state index in [9.17, 15) is 9.59 Å². The van der Waals surface area contributed by atoms with Gasteiger partial charge in [0.2, 0.25) is 0 Å². The van der Waals surface area contributed by atoms with Crippen molar-refractivity contribution in [3.05, 3.63) is 23.8 Å². The minimum Gasteiger partial charge on any atom is -0.495 e. The lowest BCUT2D eigenvalue weighted by Crippen LogP contribution is -2.37. The van der Waals surface area contributed by atoms with Gasteiger partial charge in [-0.1, -0.05) is 19.9 Å². The van der Waals surface area contributed by atoms with E-state index in [1.165, 1.54) is 19.1 Å². The van der Waals surface area contributed by atoms with Crippen LogP contribution in [0.5, 0.6) is 5.75 Å². The van der Waals surface area contributed by atoms with Gasteiger partial charge in [0.1, 0.15) is 5.75 Å². The lowest BCUT2D eigenvalue weighted by Gasteiger charge is -2.20. The molecular weight excluding hydrogens is 232 g/mol. The van der Waals surface area contributed by atoms with E-state index in [1.54, 1.807) is 6.07 Å². The van der Waals surface area contributed by atoms with Crippen molar-refractivity contribution in [2.24, 2.45) is 5.73 Å². The van der Waals surface area contributed by atoms with Crippen LogP contribution >= 0.6 is 0 Å². The number of hydrogen-bond acceptors (Lipinski definition) is 3. The van der Waals surface area contributed by atoms with Crippen LogP contribution in [0.1, 0.15) is 25.3 Å². The van der Waals surface area contributed by atoms with E-state index in [0.29, 0.717) is 17.4 Å². The van der Waals surface area contributed by atoms with Gasteiger partial charge in [0, 0.05) is 7.05 Å². The smallest absolute Gasteiger partial charge is 0.315 e. The molecule has 1 rings (SSSR count). The van der Waals surface area contributed by atoms with Gasteiger partial charge in [-0.05, 0) is 23.6 Å². The van der Waals surface area contributed by atoms with E-state index in [-0.39, 0.29) is 0 Å². The Kier molecular flexibility index (Phi) is 4.31. The van der Waals surface area contributed by atoms with Gasteiger partial charge in [-0.15, -0.1) is 0 Å². The zero-order valence-electron chi connectivity index (χ0n) is 11.1. The number of hydrogen-bond donors (Lipinski definition) is 1. The highest BCUT2D eigenvalue weighted by Crippen LogP contribution is 2.31. The summed E-state index contributed by atoms with van der Waals surface area (Å²) in [6.07, 6.45) is 0. The number of carbonyl (C=O) groups is 2. The quantitative estimate of drug-likeness (QED) is 0.821. The van der Waals surface area contributed by atoms with E-state index in [1.807, 2.05) is 26.0 Å². The zero-order chi connectivity index (χ0) is 13.9. The molecule has 0 spiro atoms. The van der Waals surface area contributed by atoms with Gasteiger partial charge >= 0.3 is 11.8 Å². The minimum atomic E-state index is -0.991. The average molecular weight is 250 g/mol. The van der Waals surface area contributed by atoms with Crippen LogP contribution in [0.25, 0.3) is 0 Å². The van der Waals surface area contributed by atoms with Crippen LogP contribution in [-0.2, 0) is 9.59 Å². The number of benzene rings is 1. The molecule has 98 valence electrons. The number of carbonyl (C=O) groups excluding carboxylic acids is 2. The van der Waals surface area contributed by atoms with Crippen molar-refractivity contribution in [1.82, 2.24) is 0 Å². The second-order valence-electron chi connectivity index (χ2n) is 4.31. The monoisotopic (exact) mass is 250 g/mol. The molecule has 2 N–H and O–H groups in total. The Labute approximate surface area is 107 Å². The Morgan fingerprint density at radius 2 is 1.94 bits per heavy atom. The van der Waals surface area contributed by atoms with E-state index >= 15 is 0 Å². The number of likely N-dealkylation sites (N-methyl/N-ethyl adjacent to an activating group) is 1. The molecule has 0 aromatic heterocycles. The first-order chi connectivity index (χ1) is 8.38. The number of anilines is 1. The van der Waals surface area contributed by atoms with Crippen LogP contribution in [0.15, 0.2) is 18.2 Å². The molecular formula is C13H18N2O3. The summed E-state index contributed by atoms with van der Waals surface area (Å²) in [5, 5.41) is 0. The van der Waals surface area contributed by atoms with Gasteiger partial charge in [0.25, 0.3) is 0 Å². The molecule has 0 aliphatic heterocycles. The average Bonchev–Trinajstić information content (AvgIpc) is 2.35. The molecule has 5 heteroatoms. The maximum absolute atomic E-state index is 11.6. The Bertz CT molecular complexity index is 469. The van der Waals surface area contributed by atoms with Crippen molar-refractivity contribution >= 4 is 17.5 Å². The third-order valence-corrected chi connectivity index (χ3v) is 2.75. The van der Waals surface area contributed by atoms with E-state index in [2.05, 4.69) is 0 Å². The van der Waals surface area contributed by atoms with Gasteiger partial charge in [0.15, 0.2) is 0 Å². The fourth-order valence-electron chi connectivity index (χ4n) is 1.60. The van der Waals surface area contributed by atoms with E-state index in [0.717, 1.165) is 5.56 Å². The molecule has 0 radical (unpaired) electrons. The summed E-state index contributed by atoms with van der Waals surface area (Å²) in [5.74, 6) is -0.924. The van der Waals surface area contributed by atoms with Crippen LogP contribution in [0.2, 0.25) is 0 Å². The lowest BCUT2D eigenvalue weighted by atomic mass is 10.0. The normalized spacial score (nSPS) is 10.3. The van der Waals surface area contributed by atoms with Crippen molar-refractivity contribution in [3.63, 3.8) is 0 Å². The summed E-state index contributed by atoms with van der Waals surface area (Å²) in [6, 6.07) is 5.52. The summed E-state index contributed by atoms with van der Waals surface area (Å²) in [4.78, 5) is 23.7. The van der Waals surface area contributed by atoms with Crippen LogP contribution in [0.3, 0.4) is 0 Å². The molecule has 0 heterocycles. The van der Waals surface area contributed by atoms with E-state index in [4.69, 9.17) is 10.5 Å². The minimum absolute atomic E-state index is 0.312. The molecule has 0 unspecified atom stereocenters. The molecule has 0 saturated heterocycles. The second kappa shape index (κ2) is 5.53. The van der Waals surface area contributed by atoms with Crippen LogP contribution in [0, 0.1) is 0 Å². The number of rotatable bonds is 3. The Morgan fingerprint density at radius 1 is 1.33 bits per heavy atom. The molecule has 0 fully saturated rings. The zero-order valence-corrected chi connectivity index (χ0v) is 11.1. The van der Waals surface area contributed by atoms with Crippen molar-refractivity contribution in [1.29, 1.82) is 0 Å². The summed E-state index contributed by atoms with van der Waals surface area (Å²) < 4.78 is 5.19. The highest BCUT2D eigenvalue weighted by Gasteiger charge is 2.20. The van der Waals surface area contributed by atoms with Gasteiger partial charge < -0.3 is 15.4 Å². The highest BCUT2D eigenvalue weighted by molar-refractivity contribution is 6.39. The number of nitrogens with two attached hydrogens (primary N) is 1. The van der Waals surface area contributed by atoms with Gasteiger partial charge in [-0.25, -0.2) is 0 Å². The standard InChI is InChI=1S/C13H18N2O3/c1-8(2)9-5-6-11(18-4)10(7-9)15(3)13(17)12(14)16/h5-8H,1-4H3,(H2,14,16). The molecule has 18 heavy (non-hydrogen) atoms. The molecule has 0 saturated carbocycles. The predicted octanol–water partition coefficient (Wildman–Crippen LogP) is 1.27. The number of ether oxygens (including phenoxy) is 1. The lowest BCUT2D eigenvalue weighted by molar-refractivity contribution is -0.135. The first-order valence-electron chi connectivity index (χ1n) is 5.64. The second-order valence-corrected chi connectivity index (χ2v) is 4.31. The fourth-order valence-corrected chi connectivity index (χ4v) is 1.60. The Hall–Kier alpha value is -2.04. The van der Waals surface area contributed by atoms with Gasteiger partial charge in [-0.2, -0.15) is 0 Å². The third-order valence-electron chi connectivity index (χ3n) is 2.75. The molecule has 0 aliphatic carbocycles. The highest BCUT2D eigenvalue weighted by atomic mass is 16.5. The number of primary amides is 1. The van der Waals surface area contributed by atoms with Crippen molar-refractivity contribution in [3.8, 4) is 5.75 Å². The molecule has 0 bridgehead atoms. The number of amides is 2. The van der Waals surface area contributed by atoms with Gasteiger partial charge in [-0.3, -0.25) is 9.59 Å². The van der Waals surface area contributed by atoms with Crippen LogP contribution in [-0.4, -0.2) is 26.0 Å². The van der Waals surface area contributed by atoms with Crippen LogP contribution < -0.4 is 15.4 Å². The summed E-state index contributed by atoms with van der Waals surface area (Å²) in [5.41, 5.74) is 6.58. The van der Waals surface area contributed by atoms with Crippen LogP contribution in [0.4, 0.5) is 5.69 Å². The molecule has 2 amide bonds. The van der Waals surface area contributed by atoms with Crippen molar-refractivity contribution in [2.75, 3.05) is 19.1 Å². The predicted molar refractivity (Wildman–Crippen MR) is 69.7 cm³/mol. The molecule has 0 atom stereocenters. The summed E-state index contributed by atoms with van der Waals surface area (Å²) in [7, 11) is 3.01. The first-order valence-corrected chi connectivity index (χ1v) is 5.64. The molecule has 0 aliphatic rings. The largest absolute Gasteiger partial charge is 0.495 e. The number of methoxy groups -OCH3 is 1. The summed E-state index contributed by atoms with van der Waals surface area (Å²) >= 11 is 0. The molecule has 5 nitrogen and oxygen atoms in total. The fraction of sp³-hybridized carbons (Fsp3) is 0.385. The number of nitrogens with zero attached hydrogens (tertiary/aromatic N) is 1. The topological polar surface area (TPSA) is 72.6 Å². The SMILES string of the molecule is COc1ccc(C(C)C)cc1N(C)C(=O)C(N)=O. The van der Waals surface area contributed by atoms with E-state index < -0.39 is 11.8 Å². The first kappa shape index (κ1) is 14.0. The maximum atomic E-state index is 11.6. The molecule has 1 aromatic rings. The summed E-state index contributed by atoms with van der Waals surface area (Å²) in [6.45, 7) is 4.09. The van der Waals surface area contributed by atoms with Crippen molar-refractivity contribution in [2.45, 2.75) is 19.8 Å². The molecule has 1 aromatic carbocycles. The Morgan fingerprint density at radius 3 is 2.39 bits per heavy atom. The van der Waals surface area contributed by atoms with Crippen molar-refractivity contribution < 1.29 is 14.3 Å². The third kappa shape index (κ3) is 2.80. The maximum Gasteiger partial charge on any atom is 0.315 e.